The molecule has 14 heteroatoms. The van der Waals surface area contributed by atoms with E-state index in [1.165, 1.54) is 6.92 Å². The fourth-order valence-electron chi connectivity index (χ4n) is 8.45. The number of ketones is 2. The minimum absolute atomic E-state index is 0.0277. The first-order valence-corrected chi connectivity index (χ1v) is 16.1. The van der Waals surface area contributed by atoms with Gasteiger partial charge in [0.15, 0.2) is 11.7 Å². The van der Waals surface area contributed by atoms with Gasteiger partial charge in [0, 0.05) is 37.4 Å². The fourth-order valence-corrected chi connectivity index (χ4v) is 9.31. The van der Waals surface area contributed by atoms with Gasteiger partial charge in [0.05, 0.1) is 12.7 Å². The van der Waals surface area contributed by atoms with E-state index in [0.29, 0.717) is 32.1 Å². The maximum absolute atomic E-state index is 13.6. The number of thioether (sulfide) groups is 1. The number of aliphatic hydroxyl groups is 2. The summed E-state index contributed by atoms with van der Waals surface area (Å²) in [4.78, 5) is 76.8. The minimum atomic E-state index is -1.84. The number of amides is 1. The summed E-state index contributed by atoms with van der Waals surface area (Å²) in [6, 6.07) is -1.24. The lowest BCUT2D eigenvalue weighted by Gasteiger charge is -2.59. The highest BCUT2D eigenvalue weighted by molar-refractivity contribution is 8.13. The molecule has 3 saturated carbocycles. The van der Waals surface area contributed by atoms with Gasteiger partial charge >= 0.3 is 5.97 Å². The molecular formula is C30H42N2O11S. The normalized spacial score (nSPS) is 34.8. The molecule has 0 aromatic rings. The second-order valence-electron chi connectivity index (χ2n) is 13.1. The van der Waals surface area contributed by atoms with E-state index < -0.39 is 52.5 Å². The topological polar surface area (TPSA) is 199 Å². The van der Waals surface area contributed by atoms with Gasteiger partial charge in [0.1, 0.15) is 17.4 Å². The number of rotatable bonds is 12. The highest BCUT2D eigenvalue weighted by Gasteiger charge is 2.68. The summed E-state index contributed by atoms with van der Waals surface area (Å²) in [7, 11) is 0. The fraction of sp³-hybridized carbons (Fsp3) is 0.767. The van der Waals surface area contributed by atoms with Crippen LogP contribution in [0.25, 0.3) is 0 Å². The van der Waals surface area contributed by atoms with Gasteiger partial charge in [-0.15, -0.1) is 10.1 Å². The third-order valence-corrected chi connectivity index (χ3v) is 11.7. The quantitative estimate of drug-likeness (QED) is 0.0926. The van der Waals surface area contributed by atoms with Crippen LogP contribution < -0.4 is 5.32 Å². The summed E-state index contributed by atoms with van der Waals surface area (Å²) in [5.74, 6) is -2.26. The molecule has 4 rings (SSSR count). The molecule has 3 N–H and O–H groups in total. The summed E-state index contributed by atoms with van der Waals surface area (Å²) in [5, 5.41) is 34.7. The molecule has 244 valence electrons. The van der Waals surface area contributed by atoms with Gasteiger partial charge in [-0.2, -0.15) is 0 Å². The molecule has 4 aliphatic rings. The molecule has 1 amide bonds. The van der Waals surface area contributed by atoms with Crippen LogP contribution in [-0.2, 0) is 33.5 Å². The highest BCUT2D eigenvalue weighted by Crippen LogP contribution is 2.67. The Hall–Kier alpha value is -2.84. The number of fused-ring (bicyclic) bond motifs is 5. The van der Waals surface area contributed by atoms with E-state index >= 15 is 0 Å². The number of hydrogen-bond acceptors (Lipinski definition) is 12. The van der Waals surface area contributed by atoms with Crippen LogP contribution >= 0.6 is 11.8 Å². The van der Waals surface area contributed by atoms with E-state index in [1.54, 1.807) is 0 Å². The van der Waals surface area contributed by atoms with Crippen LogP contribution in [0.5, 0.6) is 0 Å². The molecule has 13 nitrogen and oxygen atoms in total. The van der Waals surface area contributed by atoms with Gasteiger partial charge in [-0.25, -0.2) is 4.79 Å². The molecule has 0 saturated heterocycles. The lowest BCUT2D eigenvalue weighted by atomic mass is 9.46. The molecule has 0 radical (unpaired) electrons. The first kappa shape index (κ1) is 34.0. The zero-order chi connectivity index (χ0) is 32.4. The van der Waals surface area contributed by atoms with Crippen molar-refractivity contribution in [2.75, 3.05) is 19.0 Å². The van der Waals surface area contributed by atoms with Crippen molar-refractivity contribution in [3.63, 3.8) is 0 Å². The Morgan fingerprint density at radius 3 is 2.66 bits per heavy atom. The number of carbonyl (C=O) groups excluding carboxylic acids is 5. The molecule has 4 unspecified atom stereocenters. The van der Waals surface area contributed by atoms with Crippen molar-refractivity contribution in [1.82, 2.24) is 5.32 Å². The third kappa shape index (κ3) is 6.57. The van der Waals surface area contributed by atoms with E-state index in [-0.39, 0.29) is 72.1 Å². The molecule has 8 atom stereocenters. The Balaban J connectivity index is 1.39. The largest absolute Gasteiger partial charge is 0.456 e. The second-order valence-corrected chi connectivity index (χ2v) is 14.2. The van der Waals surface area contributed by atoms with E-state index in [4.69, 9.17) is 4.74 Å². The second kappa shape index (κ2) is 13.3. The van der Waals surface area contributed by atoms with Crippen molar-refractivity contribution in [3.05, 3.63) is 21.8 Å². The van der Waals surface area contributed by atoms with E-state index in [9.17, 15) is 44.3 Å². The number of Topliss-reactive ketones (excluding diaryl/α,β-unsaturated/α-hetero) is 2. The number of allylic oxidation sites excluding steroid dienone is 2. The summed E-state index contributed by atoms with van der Waals surface area (Å²) in [5.41, 5.74) is -2.01. The van der Waals surface area contributed by atoms with Crippen molar-refractivity contribution < 1.29 is 48.8 Å². The molecule has 0 aromatic heterocycles. The first-order valence-electron chi connectivity index (χ1n) is 15.1. The van der Waals surface area contributed by atoms with E-state index in [2.05, 4.69) is 23.2 Å². The summed E-state index contributed by atoms with van der Waals surface area (Å²) < 4.78 is 5.27. The van der Waals surface area contributed by atoms with Gasteiger partial charge in [0.25, 0.3) is 5.09 Å². The molecule has 4 aliphatic carbocycles. The van der Waals surface area contributed by atoms with Gasteiger partial charge in [0.2, 0.25) is 11.7 Å². The maximum Gasteiger partial charge on any atom is 0.329 e. The van der Waals surface area contributed by atoms with Crippen LogP contribution in [0.4, 0.5) is 0 Å². The Morgan fingerprint density at radius 2 is 1.98 bits per heavy atom. The molecule has 44 heavy (non-hydrogen) atoms. The Labute approximate surface area is 260 Å². The predicted octanol–water partition coefficient (Wildman–Crippen LogP) is 2.09. The lowest BCUT2D eigenvalue weighted by Crippen LogP contribution is -2.62. The Bertz CT molecular complexity index is 1240. The van der Waals surface area contributed by atoms with Gasteiger partial charge in [-0.1, -0.05) is 37.3 Å². The van der Waals surface area contributed by atoms with Crippen molar-refractivity contribution in [2.24, 2.45) is 28.6 Å². The van der Waals surface area contributed by atoms with Crippen molar-refractivity contribution in [1.29, 1.82) is 0 Å². The van der Waals surface area contributed by atoms with Crippen LogP contribution in [-0.4, -0.2) is 80.6 Å². The van der Waals surface area contributed by atoms with Crippen molar-refractivity contribution in [2.45, 2.75) is 96.3 Å². The van der Waals surface area contributed by atoms with E-state index in [0.717, 1.165) is 17.3 Å². The zero-order valence-corrected chi connectivity index (χ0v) is 26.2. The van der Waals surface area contributed by atoms with Crippen molar-refractivity contribution in [3.8, 4) is 0 Å². The van der Waals surface area contributed by atoms with Crippen LogP contribution in [0.15, 0.2) is 11.6 Å². The Kier molecular flexibility index (Phi) is 10.3. The smallest absolute Gasteiger partial charge is 0.329 e. The number of nitrogens with one attached hydrogen (secondary N) is 1. The maximum atomic E-state index is 13.6. The number of ether oxygens (including phenoxy) is 1. The van der Waals surface area contributed by atoms with Crippen LogP contribution in [0.2, 0.25) is 0 Å². The van der Waals surface area contributed by atoms with Gasteiger partial charge in [-0.3, -0.25) is 19.2 Å². The number of nitrogens with zero attached hydrogens (tertiary/aromatic N) is 1. The molecule has 0 spiro atoms. The van der Waals surface area contributed by atoms with E-state index in [1.807, 2.05) is 6.92 Å². The average molecular weight is 639 g/mol. The lowest BCUT2D eigenvalue weighted by molar-refractivity contribution is -0.757. The Morgan fingerprint density at radius 1 is 1.25 bits per heavy atom. The highest BCUT2D eigenvalue weighted by atomic mass is 32.2. The van der Waals surface area contributed by atoms with Crippen LogP contribution in [0.1, 0.15) is 78.6 Å². The first-order chi connectivity index (χ1) is 20.6. The number of esters is 1. The standard InChI is InChI=1S/C30H42N2O11S/c1-17(33)31-22(16-44-25(37)5-4-12-43-32(40)41)27(38)42-15-24(36)30(39)11-9-21-20-7-6-18-13-19(34)8-10-28(18,2)26(20)23(35)14-29(21,30)3/h6,20-23,26,35,39H,4-5,7-16H2,1-3H3,(H,31,33)/t20?,21?,22?,23-,26?,28-,29-,30-/m0/s1. The molecule has 0 bridgehead atoms. The minimum Gasteiger partial charge on any atom is -0.456 e. The summed E-state index contributed by atoms with van der Waals surface area (Å²) >= 11 is 0.740. The average Bonchev–Trinajstić information content (AvgIpc) is 3.22. The monoisotopic (exact) mass is 638 g/mol. The molecular weight excluding hydrogens is 596 g/mol. The molecule has 0 heterocycles. The third-order valence-electron chi connectivity index (χ3n) is 10.6. The van der Waals surface area contributed by atoms with Crippen LogP contribution in [0.3, 0.4) is 0 Å². The number of carbonyl (C=O) groups is 5. The molecule has 0 aromatic carbocycles. The molecule has 0 aliphatic heterocycles. The molecule has 3 fully saturated rings. The van der Waals surface area contributed by atoms with Crippen LogP contribution in [0, 0.1) is 38.7 Å². The SMILES string of the molecule is CC(=O)NC(CSC(=O)CCCO[N+](=O)[O-])C(=O)OCC(=O)[C@@]1(O)CCC2C3CC=C4CC(=O)CC[C@]4(C)C3[C@@H](O)C[C@@]21C. The summed E-state index contributed by atoms with van der Waals surface area (Å²) in [6.45, 7) is 4.15. The van der Waals surface area contributed by atoms with Crippen molar-refractivity contribution >= 4 is 40.3 Å². The van der Waals surface area contributed by atoms with Gasteiger partial charge in [-0.05, 0) is 61.7 Å². The zero-order valence-electron chi connectivity index (χ0n) is 25.4. The number of hydrogen-bond donors (Lipinski definition) is 3. The summed E-state index contributed by atoms with van der Waals surface area (Å²) in [6.07, 6.45) is 4.55. The van der Waals surface area contributed by atoms with Gasteiger partial charge < -0.3 is 25.1 Å². The number of aliphatic hydroxyl groups excluding tert-OH is 1. The predicted molar refractivity (Wildman–Crippen MR) is 156 cm³/mol.